The van der Waals surface area contributed by atoms with Gasteiger partial charge in [-0.25, -0.2) is 9.78 Å². The number of ether oxygens (including phenoxy) is 1. The topological polar surface area (TPSA) is 111 Å². The van der Waals surface area contributed by atoms with Gasteiger partial charge in [0.05, 0.1) is 23.4 Å². The van der Waals surface area contributed by atoms with E-state index in [-0.39, 0.29) is 17.5 Å². The van der Waals surface area contributed by atoms with Gasteiger partial charge >= 0.3 is 5.69 Å². The number of rotatable bonds is 6. The second-order valence-electron chi connectivity index (χ2n) is 5.76. The van der Waals surface area contributed by atoms with Crippen LogP contribution in [0.5, 0.6) is 5.75 Å². The highest BCUT2D eigenvalue weighted by atomic mass is 32.2. The fraction of sp³-hybridized carbons (Fsp3) is 0.294. The highest BCUT2D eigenvalue weighted by molar-refractivity contribution is 7.99. The fourth-order valence-electron chi connectivity index (χ4n) is 2.46. The molecule has 3 aromatic rings. The summed E-state index contributed by atoms with van der Waals surface area (Å²) in [6.45, 7) is 2.49. The summed E-state index contributed by atoms with van der Waals surface area (Å²) in [5.74, 6) is 0.620. The van der Waals surface area contributed by atoms with E-state index in [0.717, 1.165) is 21.4 Å². The van der Waals surface area contributed by atoms with Crippen molar-refractivity contribution in [1.82, 2.24) is 19.1 Å². The van der Waals surface area contributed by atoms with Crippen molar-refractivity contribution in [1.29, 1.82) is 0 Å². The average molecular weight is 389 g/mol. The Morgan fingerprint density at radius 1 is 1.26 bits per heavy atom. The van der Waals surface area contributed by atoms with E-state index >= 15 is 0 Å². The number of nitrogens with zero attached hydrogens (tertiary/aromatic N) is 3. The number of amides is 1. The van der Waals surface area contributed by atoms with Crippen molar-refractivity contribution in [2.45, 2.75) is 12.1 Å². The second kappa shape index (κ2) is 7.70. The summed E-state index contributed by atoms with van der Waals surface area (Å²) in [7, 11) is 2.87. The van der Waals surface area contributed by atoms with Crippen LogP contribution in [0.1, 0.15) is 6.92 Å². The zero-order valence-electron chi connectivity index (χ0n) is 15.1. The molecule has 0 saturated carbocycles. The number of thioether (sulfide) groups is 1. The van der Waals surface area contributed by atoms with Gasteiger partial charge in [-0.2, -0.15) is 0 Å². The first-order valence-electron chi connectivity index (χ1n) is 8.21. The molecule has 2 N–H and O–H groups in total. The lowest BCUT2D eigenvalue weighted by Crippen LogP contribution is -2.38. The third kappa shape index (κ3) is 4.05. The summed E-state index contributed by atoms with van der Waals surface area (Å²) < 4.78 is 7.63. The van der Waals surface area contributed by atoms with Crippen LogP contribution in [0.3, 0.4) is 0 Å². The van der Waals surface area contributed by atoms with E-state index < -0.39 is 11.2 Å². The van der Waals surface area contributed by atoms with Gasteiger partial charge in [-0.15, -0.1) is 0 Å². The lowest BCUT2D eigenvalue weighted by atomic mass is 10.3. The van der Waals surface area contributed by atoms with Crippen LogP contribution < -0.4 is 21.3 Å². The molecule has 1 aromatic carbocycles. The smallest absolute Gasteiger partial charge is 0.332 e. The molecule has 0 atom stereocenters. The minimum atomic E-state index is -0.507. The van der Waals surface area contributed by atoms with Gasteiger partial charge in [0.2, 0.25) is 5.91 Å². The number of benzene rings is 1. The summed E-state index contributed by atoms with van der Waals surface area (Å²) in [5.41, 5.74) is 0.601. The minimum Gasteiger partial charge on any atom is -0.494 e. The van der Waals surface area contributed by atoms with Gasteiger partial charge in [0.1, 0.15) is 11.6 Å². The third-order valence-electron chi connectivity index (χ3n) is 3.88. The lowest BCUT2D eigenvalue weighted by molar-refractivity contribution is -0.113. The maximum Gasteiger partial charge on any atom is 0.332 e. The summed E-state index contributed by atoms with van der Waals surface area (Å²) in [6.07, 6.45) is 0. The van der Waals surface area contributed by atoms with Crippen LogP contribution in [0.15, 0.2) is 39.0 Å². The highest BCUT2D eigenvalue weighted by Gasteiger charge is 2.11. The Hall–Kier alpha value is -3.01. The minimum absolute atomic E-state index is 0.0710. The van der Waals surface area contributed by atoms with Gasteiger partial charge < -0.3 is 15.0 Å². The molecule has 9 nitrogen and oxygen atoms in total. The van der Waals surface area contributed by atoms with Gasteiger partial charge in [-0.05, 0) is 19.1 Å². The van der Waals surface area contributed by atoms with Gasteiger partial charge in [-0.1, -0.05) is 11.8 Å². The molecule has 0 saturated heterocycles. The van der Waals surface area contributed by atoms with E-state index in [1.54, 1.807) is 0 Å². The largest absolute Gasteiger partial charge is 0.494 e. The third-order valence-corrected chi connectivity index (χ3v) is 4.75. The van der Waals surface area contributed by atoms with E-state index in [1.807, 2.05) is 25.1 Å². The molecule has 0 radical (unpaired) electrons. The van der Waals surface area contributed by atoms with Crippen LogP contribution in [0, 0.1) is 0 Å². The molecule has 0 aliphatic carbocycles. The molecule has 3 rings (SSSR count). The average Bonchev–Trinajstić information content (AvgIpc) is 3.05. The van der Waals surface area contributed by atoms with Crippen molar-refractivity contribution in [2.75, 3.05) is 17.7 Å². The van der Waals surface area contributed by atoms with E-state index in [9.17, 15) is 14.4 Å². The number of nitrogens with one attached hydrogen (secondary N) is 2. The number of fused-ring (bicyclic) bond motifs is 1. The standard InChI is InChI=1S/C17H19N5O4S/c1-4-26-10-5-6-11-12(7-10)19-16(18-11)27-9-14(23)20-13-8-15(24)22(3)17(25)21(13)2/h5-8H,4,9H2,1-3H3,(H,18,19)(H,20,23). The van der Waals surface area contributed by atoms with Crippen LogP contribution in [0.25, 0.3) is 11.0 Å². The molecule has 142 valence electrons. The van der Waals surface area contributed by atoms with Crippen molar-refractivity contribution in [3.63, 3.8) is 0 Å². The van der Waals surface area contributed by atoms with Gasteiger partial charge in [0, 0.05) is 26.2 Å². The lowest BCUT2D eigenvalue weighted by Gasteiger charge is -2.10. The maximum atomic E-state index is 12.2. The van der Waals surface area contributed by atoms with Crippen molar-refractivity contribution < 1.29 is 9.53 Å². The molecule has 0 bridgehead atoms. The number of aromatic amines is 1. The highest BCUT2D eigenvalue weighted by Crippen LogP contribution is 2.23. The summed E-state index contributed by atoms with van der Waals surface area (Å²) in [4.78, 5) is 43.3. The quantitative estimate of drug-likeness (QED) is 0.611. The van der Waals surface area contributed by atoms with Crippen LogP contribution in [-0.2, 0) is 18.9 Å². The Morgan fingerprint density at radius 3 is 2.78 bits per heavy atom. The number of hydrogen-bond acceptors (Lipinski definition) is 6. The first-order valence-corrected chi connectivity index (χ1v) is 9.20. The van der Waals surface area contributed by atoms with Crippen LogP contribution in [0.4, 0.5) is 5.82 Å². The first-order chi connectivity index (χ1) is 12.9. The van der Waals surface area contributed by atoms with E-state index in [0.29, 0.717) is 11.8 Å². The molecule has 0 fully saturated rings. The fourth-order valence-corrected chi connectivity index (χ4v) is 3.14. The second-order valence-corrected chi connectivity index (χ2v) is 6.72. The summed E-state index contributed by atoms with van der Waals surface area (Å²) in [6, 6.07) is 6.74. The first kappa shape index (κ1) is 18.8. The summed E-state index contributed by atoms with van der Waals surface area (Å²) >= 11 is 1.22. The molecule has 0 spiro atoms. The van der Waals surface area contributed by atoms with Crippen LogP contribution in [0.2, 0.25) is 0 Å². The molecule has 2 aromatic heterocycles. The number of carbonyl (C=O) groups is 1. The molecule has 27 heavy (non-hydrogen) atoms. The zero-order chi connectivity index (χ0) is 19.6. The number of imidazole rings is 1. The Morgan fingerprint density at radius 2 is 2.04 bits per heavy atom. The Kier molecular flexibility index (Phi) is 5.36. The van der Waals surface area contributed by atoms with E-state index in [4.69, 9.17) is 4.74 Å². The normalized spacial score (nSPS) is 10.9. The van der Waals surface area contributed by atoms with Crippen molar-refractivity contribution in [3.05, 3.63) is 45.1 Å². The molecule has 0 aliphatic heterocycles. The zero-order valence-corrected chi connectivity index (χ0v) is 15.9. The molecule has 0 aliphatic rings. The van der Waals surface area contributed by atoms with Crippen LogP contribution >= 0.6 is 11.8 Å². The number of carbonyl (C=O) groups excluding carboxylic acids is 1. The maximum absolute atomic E-state index is 12.2. The summed E-state index contributed by atoms with van der Waals surface area (Å²) in [5, 5.41) is 3.17. The van der Waals surface area contributed by atoms with Gasteiger partial charge in [0.15, 0.2) is 5.16 Å². The molecule has 0 unspecified atom stereocenters. The van der Waals surface area contributed by atoms with E-state index in [2.05, 4.69) is 15.3 Å². The van der Waals surface area contributed by atoms with Crippen LogP contribution in [-0.4, -0.2) is 37.4 Å². The molecular formula is C17H19N5O4S. The van der Waals surface area contributed by atoms with Crippen molar-refractivity contribution >= 4 is 34.5 Å². The predicted molar refractivity (Wildman–Crippen MR) is 104 cm³/mol. The Bertz CT molecular complexity index is 1110. The monoisotopic (exact) mass is 389 g/mol. The number of anilines is 1. The predicted octanol–water partition coefficient (Wildman–Crippen LogP) is 1.09. The Labute approximate surface area is 158 Å². The SMILES string of the molecule is CCOc1ccc2nc(SCC(=O)Nc3cc(=O)n(C)c(=O)n3C)[nH]c2c1. The van der Waals surface area contributed by atoms with Gasteiger partial charge in [-0.3, -0.25) is 18.7 Å². The number of aromatic nitrogens is 4. The van der Waals surface area contributed by atoms with Gasteiger partial charge in [0.25, 0.3) is 5.56 Å². The number of H-pyrrole nitrogens is 1. The molecule has 10 heteroatoms. The molecular weight excluding hydrogens is 370 g/mol. The van der Waals surface area contributed by atoms with E-state index in [1.165, 1.54) is 36.5 Å². The molecule has 1 amide bonds. The van der Waals surface area contributed by atoms with Crippen molar-refractivity contribution in [2.24, 2.45) is 14.1 Å². The Balaban J connectivity index is 1.68. The van der Waals surface area contributed by atoms with Crippen molar-refractivity contribution in [3.8, 4) is 5.75 Å². The molecule has 2 heterocycles. The number of hydrogen-bond donors (Lipinski definition) is 2.